The molecule has 0 bridgehead atoms. The fourth-order valence-electron chi connectivity index (χ4n) is 2.80. The summed E-state index contributed by atoms with van der Waals surface area (Å²) in [4.78, 5) is 28.5. The number of carbonyl (C=O) groups is 2. The minimum absolute atomic E-state index is 0.0251. The van der Waals surface area contributed by atoms with E-state index in [0.717, 1.165) is 12.0 Å². The average molecular weight is 402 g/mol. The third kappa shape index (κ3) is 7.56. The fraction of sp³-hybridized carbons (Fsp3) is 0.524. The summed E-state index contributed by atoms with van der Waals surface area (Å²) in [7, 11) is 0. The van der Waals surface area contributed by atoms with Gasteiger partial charge in [-0.25, -0.2) is 19.3 Å². The standard InChI is InChI=1S/C21H30N4O4/c1-14(2)10-17-6-8-18(9-7-17)16(5)24-21(27)29-19(20(26)28-15(3)4)11-25-13-22-12-23-25/h6-9,12-16,19H,10-11H2,1-5H3,(H,24,27)/t16-,19?/m0/s1. The van der Waals surface area contributed by atoms with Gasteiger partial charge in [-0.15, -0.1) is 0 Å². The SMILES string of the molecule is CC(C)Cc1ccc([C@H](C)NC(=O)OC(Cn2cncn2)C(=O)OC(C)C)cc1. The highest BCUT2D eigenvalue weighted by atomic mass is 16.6. The van der Waals surface area contributed by atoms with E-state index in [0.29, 0.717) is 5.92 Å². The zero-order chi connectivity index (χ0) is 21.4. The Balaban J connectivity index is 1.97. The Hall–Kier alpha value is -2.90. The zero-order valence-electron chi connectivity index (χ0n) is 17.7. The van der Waals surface area contributed by atoms with Crippen LogP contribution in [-0.2, 0) is 27.2 Å². The van der Waals surface area contributed by atoms with Crippen molar-refractivity contribution in [1.29, 1.82) is 0 Å². The Morgan fingerprint density at radius 1 is 1.07 bits per heavy atom. The van der Waals surface area contributed by atoms with Gasteiger partial charge in [0.15, 0.2) is 0 Å². The van der Waals surface area contributed by atoms with Crippen molar-refractivity contribution in [3.8, 4) is 0 Å². The first-order chi connectivity index (χ1) is 13.7. The van der Waals surface area contributed by atoms with Crippen LogP contribution in [0.4, 0.5) is 4.79 Å². The highest BCUT2D eigenvalue weighted by molar-refractivity contribution is 5.79. The molecule has 2 atom stereocenters. The highest BCUT2D eigenvalue weighted by Crippen LogP contribution is 2.16. The molecule has 0 aliphatic carbocycles. The van der Waals surface area contributed by atoms with Gasteiger partial charge in [0.2, 0.25) is 6.10 Å². The van der Waals surface area contributed by atoms with E-state index in [1.807, 2.05) is 19.1 Å². The van der Waals surface area contributed by atoms with Crippen molar-refractivity contribution in [3.05, 3.63) is 48.0 Å². The van der Waals surface area contributed by atoms with E-state index >= 15 is 0 Å². The van der Waals surface area contributed by atoms with Crippen molar-refractivity contribution in [1.82, 2.24) is 20.1 Å². The lowest BCUT2D eigenvalue weighted by molar-refractivity contribution is -0.158. The maximum atomic E-state index is 12.4. The molecule has 0 aliphatic rings. The van der Waals surface area contributed by atoms with Crippen LogP contribution in [0.25, 0.3) is 0 Å². The third-order valence-corrected chi connectivity index (χ3v) is 4.14. The predicted molar refractivity (Wildman–Crippen MR) is 108 cm³/mol. The molecule has 2 rings (SSSR count). The largest absolute Gasteiger partial charge is 0.460 e. The van der Waals surface area contributed by atoms with Crippen LogP contribution in [0.5, 0.6) is 0 Å². The van der Waals surface area contributed by atoms with E-state index in [9.17, 15) is 9.59 Å². The topological polar surface area (TPSA) is 95.3 Å². The van der Waals surface area contributed by atoms with Crippen LogP contribution in [0, 0.1) is 5.92 Å². The number of rotatable bonds is 9. The van der Waals surface area contributed by atoms with Gasteiger partial charge in [-0.1, -0.05) is 38.1 Å². The van der Waals surface area contributed by atoms with Crippen molar-refractivity contribution in [2.24, 2.45) is 5.92 Å². The second-order valence-electron chi connectivity index (χ2n) is 7.70. The second kappa shape index (κ2) is 10.6. The number of hydrogen-bond acceptors (Lipinski definition) is 6. The van der Waals surface area contributed by atoms with E-state index < -0.39 is 18.2 Å². The summed E-state index contributed by atoms with van der Waals surface area (Å²) in [6.45, 7) is 9.70. The van der Waals surface area contributed by atoms with Gasteiger partial charge in [0.25, 0.3) is 0 Å². The smallest absolute Gasteiger partial charge is 0.408 e. The van der Waals surface area contributed by atoms with Crippen molar-refractivity contribution < 1.29 is 19.1 Å². The fourth-order valence-corrected chi connectivity index (χ4v) is 2.80. The number of hydrogen-bond donors (Lipinski definition) is 1. The number of nitrogens with zero attached hydrogens (tertiary/aromatic N) is 3. The Kier molecular flexibility index (Phi) is 8.18. The molecule has 1 aromatic carbocycles. The number of ether oxygens (including phenoxy) is 2. The van der Waals surface area contributed by atoms with Gasteiger partial charge < -0.3 is 14.8 Å². The van der Waals surface area contributed by atoms with Crippen LogP contribution < -0.4 is 5.32 Å². The molecule has 1 aromatic heterocycles. The lowest BCUT2D eigenvalue weighted by Gasteiger charge is -2.20. The van der Waals surface area contributed by atoms with E-state index in [1.165, 1.54) is 22.9 Å². The van der Waals surface area contributed by atoms with Crippen molar-refractivity contribution >= 4 is 12.1 Å². The average Bonchev–Trinajstić information content (AvgIpc) is 3.13. The minimum atomic E-state index is -1.13. The minimum Gasteiger partial charge on any atom is -0.460 e. The van der Waals surface area contributed by atoms with Gasteiger partial charge in [-0.05, 0) is 44.2 Å². The lowest BCUT2D eigenvalue weighted by atomic mass is 10.00. The second-order valence-corrected chi connectivity index (χ2v) is 7.70. The normalized spacial score (nSPS) is 13.2. The number of nitrogens with one attached hydrogen (secondary N) is 1. The third-order valence-electron chi connectivity index (χ3n) is 4.14. The van der Waals surface area contributed by atoms with Crippen LogP contribution in [0.1, 0.15) is 51.8 Å². The molecule has 0 spiro atoms. The molecule has 8 nitrogen and oxygen atoms in total. The number of carbonyl (C=O) groups excluding carboxylic acids is 2. The summed E-state index contributed by atoms with van der Waals surface area (Å²) in [5.74, 6) is -0.0461. The van der Waals surface area contributed by atoms with Crippen LogP contribution >= 0.6 is 0 Å². The Morgan fingerprint density at radius 2 is 1.76 bits per heavy atom. The Labute approximate surface area is 171 Å². The molecular formula is C21H30N4O4. The first kappa shape index (κ1) is 22.4. The van der Waals surface area contributed by atoms with Crippen LogP contribution in [0.3, 0.4) is 0 Å². The summed E-state index contributed by atoms with van der Waals surface area (Å²) >= 11 is 0. The maximum Gasteiger partial charge on any atom is 0.408 e. The van der Waals surface area contributed by atoms with Crippen molar-refractivity contribution in [2.75, 3.05) is 0 Å². The van der Waals surface area contributed by atoms with Crippen LogP contribution in [-0.4, -0.2) is 39.0 Å². The molecule has 158 valence electrons. The molecule has 1 unspecified atom stereocenters. The molecule has 0 saturated carbocycles. The van der Waals surface area contributed by atoms with Gasteiger partial charge in [0.05, 0.1) is 18.7 Å². The van der Waals surface area contributed by atoms with Gasteiger partial charge in [0.1, 0.15) is 12.7 Å². The van der Waals surface area contributed by atoms with Gasteiger partial charge in [0, 0.05) is 0 Å². The first-order valence-corrected chi connectivity index (χ1v) is 9.83. The van der Waals surface area contributed by atoms with E-state index in [1.54, 1.807) is 13.8 Å². The van der Waals surface area contributed by atoms with Crippen LogP contribution in [0.2, 0.25) is 0 Å². The molecule has 1 amide bonds. The molecule has 0 fully saturated rings. The van der Waals surface area contributed by atoms with Crippen molar-refractivity contribution in [2.45, 2.75) is 65.8 Å². The number of esters is 1. The Morgan fingerprint density at radius 3 is 2.31 bits per heavy atom. The maximum absolute atomic E-state index is 12.4. The summed E-state index contributed by atoms with van der Waals surface area (Å²) in [6, 6.07) is 7.83. The summed E-state index contributed by atoms with van der Waals surface area (Å²) in [5.41, 5.74) is 2.20. The van der Waals surface area contributed by atoms with Gasteiger partial charge >= 0.3 is 12.1 Å². The molecule has 0 aliphatic heterocycles. The molecule has 0 saturated heterocycles. The Bertz CT molecular complexity index is 772. The van der Waals surface area contributed by atoms with E-state index in [4.69, 9.17) is 9.47 Å². The predicted octanol–water partition coefficient (Wildman–Crippen LogP) is 3.28. The van der Waals surface area contributed by atoms with E-state index in [2.05, 4.69) is 41.4 Å². The molecule has 8 heteroatoms. The first-order valence-electron chi connectivity index (χ1n) is 9.83. The van der Waals surface area contributed by atoms with Crippen LogP contribution in [0.15, 0.2) is 36.9 Å². The molecule has 1 N–H and O–H groups in total. The molecule has 0 radical (unpaired) electrons. The van der Waals surface area contributed by atoms with Gasteiger partial charge in [-0.3, -0.25) is 0 Å². The number of benzene rings is 1. The molecular weight excluding hydrogens is 372 g/mol. The summed E-state index contributed by atoms with van der Waals surface area (Å²) in [6.07, 6.45) is 1.64. The molecule has 2 aromatic rings. The highest BCUT2D eigenvalue weighted by Gasteiger charge is 2.27. The number of amides is 1. The zero-order valence-corrected chi connectivity index (χ0v) is 17.7. The lowest BCUT2D eigenvalue weighted by Crippen LogP contribution is -2.38. The quantitative estimate of drug-likeness (QED) is 0.647. The number of aromatic nitrogens is 3. The summed E-state index contributed by atoms with van der Waals surface area (Å²) in [5, 5.41) is 6.71. The monoisotopic (exact) mass is 402 g/mol. The molecule has 1 heterocycles. The molecule has 29 heavy (non-hydrogen) atoms. The number of alkyl carbamates (subject to hydrolysis) is 1. The van der Waals surface area contributed by atoms with Gasteiger partial charge in [-0.2, -0.15) is 5.10 Å². The van der Waals surface area contributed by atoms with Crippen molar-refractivity contribution in [3.63, 3.8) is 0 Å². The van der Waals surface area contributed by atoms with E-state index in [-0.39, 0.29) is 18.7 Å². The summed E-state index contributed by atoms with van der Waals surface area (Å²) < 4.78 is 11.9.